The summed E-state index contributed by atoms with van der Waals surface area (Å²) < 4.78 is 1.00. The van der Waals surface area contributed by atoms with Crippen molar-refractivity contribution < 1.29 is 4.79 Å². The summed E-state index contributed by atoms with van der Waals surface area (Å²) in [6.45, 7) is 4.00. The van der Waals surface area contributed by atoms with E-state index < -0.39 is 0 Å². The van der Waals surface area contributed by atoms with Crippen molar-refractivity contribution in [3.05, 3.63) is 63.6 Å². The fourth-order valence-corrected chi connectivity index (χ4v) is 2.28. The van der Waals surface area contributed by atoms with Crippen LogP contribution in [-0.2, 0) is 11.2 Å². The van der Waals surface area contributed by atoms with Gasteiger partial charge in [-0.15, -0.1) is 0 Å². The molecule has 0 saturated carbocycles. The van der Waals surface area contributed by atoms with Gasteiger partial charge in [0.1, 0.15) is 0 Å². The number of carbonyl (C=O) groups excluding carboxylic acids is 1. The summed E-state index contributed by atoms with van der Waals surface area (Å²) in [6.07, 6.45) is 0.401. The minimum atomic E-state index is 0.00972. The SMILES string of the molecule is Cc1ccccc1CC(=O)Nc1cccc(Br)c1C. The van der Waals surface area contributed by atoms with E-state index in [-0.39, 0.29) is 5.91 Å². The number of halogens is 1. The molecule has 98 valence electrons. The summed E-state index contributed by atoms with van der Waals surface area (Å²) in [5, 5.41) is 2.96. The molecule has 1 amide bonds. The first-order chi connectivity index (χ1) is 9.08. The molecule has 0 atom stereocenters. The fraction of sp³-hybridized carbons (Fsp3) is 0.188. The number of nitrogens with one attached hydrogen (secondary N) is 1. The molecule has 2 rings (SSSR count). The average molecular weight is 318 g/mol. The number of carbonyl (C=O) groups is 1. The lowest BCUT2D eigenvalue weighted by atomic mass is 10.1. The summed E-state index contributed by atoms with van der Waals surface area (Å²) in [5.41, 5.74) is 4.10. The second kappa shape index (κ2) is 6.02. The highest BCUT2D eigenvalue weighted by Crippen LogP contribution is 2.23. The summed E-state index contributed by atoms with van der Waals surface area (Å²) in [5.74, 6) is 0.00972. The lowest BCUT2D eigenvalue weighted by Gasteiger charge is -2.10. The Labute approximate surface area is 122 Å². The molecule has 2 nitrogen and oxygen atoms in total. The van der Waals surface area contributed by atoms with Crippen LogP contribution in [0.2, 0.25) is 0 Å². The van der Waals surface area contributed by atoms with Gasteiger partial charge < -0.3 is 5.32 Å². The van der Waals surface area contributed by atoms with Crippen molar-refractivity contribution in [3.8, 4) is 0 Å². The van der Waals surface area contributed by atoms with Crippen LogP contribution in [0.5, 0.6) is 0 Å². The molecule has 0 aromatic heterocycles. The van der Waals surface area contributed by atoms with Crippen LogP contribution in [-0.4, -0.2) is 5.91 Å². The first-order valence-corrected chi connectivity index (χ1v) is 6.96. The summed E-state index contributed by atoms with van der Waals surface area (Å²) >= 11 is 3.46. The van der Waals surface area contributed by atoms with E-state index in [9.17, 15) is 4.79 Å². The zero-order valence-corrected chi connectivity index (χ0v) is 12.6. The van der Waals surface area contributed by atoms with E-state index in [0.717, 1.165) is 26.9 Å². The maximum atomic E-state index is 12.1. The Balaban J connectivity index is 2.10. The van der Waals surface area contributed by atoms with Crippen LogP contribution in [0.15, 0.2) is 46.9 Å². The van der Waals surface area contributed by atoms with E-state index in [1.165, 1.54) is 0 Å². The Hall–Kier alpha value is -1.61. The minimum Gasteiger partial charge on any atom is -0.326 e. The molecule has 0 aliphatic carbocycles. The molecule has 2 aromatic carbocycles. The van der Waals surface area contributed by atoms with Crippen molar-refractivity contribution in [1.29, 1.82) is 0 Å². The predicted molar refractivity (Wildman–Crippen MR) is 82.4 cm³/mol. The molecule has 19 heavy (non-hydrogen) atoms. The molecule has 1 N–H and O–H groups in total. The quantitative estimate of drug-likeness (QED) is 0.901. The van der Waals surface area contributed by atoms with Crippen LogP contribution in [0.3, 0.4) is 0 Å². The van der Waals surface area contributed by atoms with Gasteiger partial charge in [-0.1, -0.05) is 46.3 Å². The van der Waals surface area contributed by atoms with Crippen molar-refractivity contribution in [2.75, 3.05) is 5.32 Å². The number of aryl methyl sites for hydroxylation is 1. The van der Waals surface area contributed by atoms with Crippen LogP contribution in [0.4, 0.5) is 5.69 Å². The highest BCUT2D eigenvalue weighted by molar-refractivity contribution is 9.10. The number of hydrogen-bond donors (Lipinski definition) is 1. The number of benzene rings is 2. The van der Waals surface area contributed by atoms with E-state index in [1.807, 2.05) is 56.3 Å². The van der Waals surface area contributed by atoms with Gasteiger partial charge >= 0.3 is 0 Å². The van der Waals surface area contributed by atoms with Gasteiger partial charge in [0.25, 0.3) is 0 Å². The van der Waals surface area contributed by atoms with Crippen molar-refractivity contribution in [3.63, 3.8) is 0 Å². The molecule has 0 radical (unpaired) electrons. The van der Waals surface area contributed by atoms with Crippen LogP contribution in [0, 0.1) is 13.8 Å². The molecule has 3 heteroatoms. The van der Waals surface area contributed by atoms with Crippen LogP contribution >= 0.6 is 15.9 Å². The van der Waals surface area contributed by atoms with Crippen molar-refractivity contribution in [1.82, 2.24) is 0 Å². The van der Waals surface area contributed by atoms with Crippen molar-refractivity contribution >= 4 is 27.5 Å². The zero-order chi connectivity index (χ0) is 13.8. The lowest BCUT2D eigenvalue weighted by Crippen LogP contribution is -2.15. The van der Waals surface area contributed by atoms with E-state index in [0.29, 0.717) is 6.42 Å². The molecule has 0 unspecified atom stereocenters. The van der Waals surface area contributed by atoms with Gasteiger partial charge in [0.2, 0.25) is 5.91 Å². The van der Waals surface area contributed by atoms with E-state index in [4.69, 9.17) is 0 Å². The van der Waals surface area contributed by atoms with Gasteiger partial charge in [0.15, 0.2) is 0 Å². The summed E-state index contributed by atoms with van der Waals surface area (Å²) in [4.78, 5) is 12.1. The molecular formula is C16H16BrNO. The van der Waals surface area contributed by atoms with Gasteiger partial charge in [-0.3, -0.25) is 4.79 Å². The number of hydrogen-bond acceptors (Lipinski definition) is 1. The molecule has 0 aliphatic heterocycles. The van der Waals surface area contributed by atoms with E-state index in [1.54, 1.807) is 0 Å². The Morgan fingerprint density at radius 3 is 2.58 bits per heavy atom. The molecule has 2 aromatic rings. The predicted octanol–water partition coefficient (Wildman–Crippen LogP) is 4.25. The summed E-state index contributed by atoms with van der Waals surface area (Å²) in [7, 11) is 0. The third-order valence-electron chi connectivity index (χ3n) is 3.15. The Kier molecular flexibility index (Phi) is 4.38. The molecular weight excluding hydrogens is 302 g/mol. The number of anilines is 1. The van der Waals surface area contributed by atoms with Gasteiger partial charge in [0.05, 0.1) is 6.42 Å². The van der Waals surface area contributed by atoms with Crippen LogP contribution in [0.25, 0.3) is 0 Å². The fourth-order valence-electron chi connectivity index (χ4n) is 1.92. The van der Waals surface area contributed by atoms with Crippen LogP contribution in [0.1, 0.15) is 16.7 Å². The maximum Gasteiger partial charge on any atom is 0.228 e. The molecule has 0 fully saturated rings. The minimum absolute atomic E-state index is 0.00972. The van der Waals surface area contributed by atoms with Gasteiger partial charge in [-0.2, -0.15) is 0 Å². The second-order valence-electron chi connectivity index (χ2n) is 4.56. The molecule has 0 saturated heterocycles. The van der Waals surface area contributed by atoms with Gasteiger partial charge in [0, 0.05) is 10.2 Å². The maximum absolute atomic E-state index is 12.1. The largest absolute Gasteiger partial charge is 0.326 e. The average Bonchev–Trinajstić information content (AvgIpc) is 2.38. The normalized spacial score (nSPS) is 10.3. The Bertz CT molecular complexity index is 607. The van der Waals surface area contributed by atoms with Crippen LogP contribution < -0.4 is 5.32 Å². The number of amides is 1. The van der Waals surface area contributed by atoms with Crippen molar-refractivity contribution in [2.45, 2.75) is 20.3 Å². The van der Waals surface area contributed by atoms with Crippen molar-refractivity contribution in [2.24, 2.45) is 0 Å². The Morgan fingerprint density at radius 1 is 1.11 bits per heavy atom. The second-order valence-corrected chi connectivity index (χ2v) is 5.42. The molecule has 0 aliphatic rings. The lowest BCUT2D eigenvalue weighted by molar-refractivity contribution is -0.115. The molecule has 0 spiro atoms. The van der Waals surface area contributed by atoms with Gasteiger partial charge in [-0.25, -0.2) is 0 Å². The number of rotatable bonds is 3. The molecule has 0 bridgehead atoms. The molecule has 0 heterocycles. The smallest absolute Gasteiger partial charge is 0.228 e. The van der Waals surface area contributed by atoms with E-state index >= 15 is 0 Å². The van der Waals surface area contributed by atoms with E-state index in [2.05, 4.69) is 21.2 Å². The monoisotopic (exact) mass is 317 g/mol. The first kappa shape index (κ1) is 13.8. The standard InChI is InChI=1S/C16H16BrNO/c1-11-6-3-4-7-13(11)10-16(19)18-15-9-5-8-14(17)12(15)2/h3-9H,10H2,1-2H3,(H,18,19). The Morgan fingerprint density at radius 2 is 1.84 bits per heavy atom. The van der Waals surface area contributed by atoms with Gasteiger partial charge in [-0.05, 0) is 42.7 Å². The topological polar surface area (TPSA) is 29.1 Å². The first-order valence-electron chi connectivity index (χ1n) is 6.17. The highest BCUT2D eigenvalue weighted by atomic mass is 79.9. The summed E-state index contributed by atoms with van der Waals surface area (Å²) in [6, 6.07) is 13.7. The third kappa shape index (κ3) is 3.44. The highest BCUT2D eigenvalue weighted by Gasteiger charge is 2.08. The zero-order valence-electron chi connectivity index (χ0n) is 11.0. The third-order valence-corrected chi connectivity index (χ3v) is 4.01.